The Balaban J connectivity index is 1.58. The molecule has 0 unspecified atom stereocenters. The van der Waals surface area contributed by atoms with Gasteiger partial charge in [-0.1, -0.05) is 0 Å². The summed E-state index contributed by atoms with van der Waals surface area (Å²) in [7, 11) is 1.64. The minimum atomic E-state index is -0.275. The topological polar surface area (TPSA) is 84.3 Å². The molecule has 7 nitrogen and oxygen atoms in total. The highest BCUT2D eigenvalue weighted by Gasteiger charge is 2.22. The van der Waals surface area contributed by atoms with E-state index in [1.54, 1.807) is 31.0 Å². The van der Waals surface area contributed by atoms with Gasteiger partial charge in [-0.25, -0.2) is 4.98 Å². The van der Waals surface area contributed by atoms with E-state index >= 15 is 0 Å². The first-order valence-corrected chi connectivity index (χ1v) is 9.44. The standard InChI is InChI=1S/C19H18N4O3S/c1-11-15-18(20-10-22(2)19(15)26)27-16(11)17(25)21-12-5-7-13(8-6-12)23-9-3-4-14(23)24/h5-8,10H,3-4,9H2,1-2H3,(H,21,25). The Labute approximate surface area is 159 Å². The number of nitrogens with one attached hydrogen (secondary N) is 1. The van der Waals surface area contributed by atoms with Crippen LogP contribution in [0.25, 0.3) is 10.2 Å². The second-order valence-corrected chi connectivity index (χ2v) is 7.55. The molecule has 0 atom stereocenters. The highest BCUT2D eigenvalue weighted by molar-refractivity contribution is 7.20. The number of carbonyl (C=O) groups is 2. The largest absolute Gasteiger partial charge is 0.321 e. The number of aryl methyl sites for hydroxylation is 2. The first-order chi connectivity index (χ1) is 13.0. The second kappa shape index (κ2) is 6.62. The summed E-state index contributed by atoms with van der Waals surface area (Å²) in [6.07, 6.45) is 2.91. The van der Waals surface area contributed by atoms with Gasteiger partial charge in [-0.2, -0.15) is 0 Å². The van der Waals surface area contributed by atoms with Crippen LogP contribution in [0.15, 0.2) is 35.4 Å². The molecule has 0 aliphatic carbocycles. The zero-order valence-electron chi connectivity index (χ0n) is 15.0. The Bertz CT molecular complexity index is 1110. The number of nitrogens with zero attached hydrogens (tertiary/aromatic N) is 3. The van der Waals surface area contributed by atoms with Gasteiger partial charge < -0.3 is 14.8 Å². The lowest BCUT2D eigenvalue weighted by molar-refractivity contribution is -0.117. The van der Waals surface area contributed by atoms with Crippen LogP contribution < -0.4 is 15.8 Å². The van der Waals surface area contributed by atoms with Crippen molar-refractivity contribution in [2.24, 2.45) is 7.05 Å². The quantitative estimate of drug-likeness (QED) is 0.755. The third-order valence-corrected chi connectivity index (χ3v) is 5.93. The number of hydrogen-bond donors (Lipinski definition) is 1. The first kappa shape index (κ1) is 17.4. The zero-order valence-corrected chi connectivity index (χ0v) is 15.8. The molecule has 27 heavy (non-hydrogen) atoms. The average Bonchev–Trinajstić information content (AvgIpc) is 3.23. The van der Waals surface area contributed by atoms with Gasteiger partial charge in [0.15, 0.2) is 0 Å². The van der Waals surface area contributed by atoms with E-state index in [0.29, 0.717) is 32.8 Å². The number of amides is 2. The highest BCUT2D eigenvalue weighted by atomic mass is 32.1. The SMILES string of the molecule is Cc1c(C(=O)Nc2ccc(N3CCCC3=O)cc2)sc2ncn(C)c(=O)c12. The van der Waals surface area contributed by atoms with Crippen molar-refractivity contribution in [3.05, 3.63) is 51.4 Å². The van der Waals surface area contributed by atoms with Crippen LogP contribution in [-0.4, -0.2) is 27.9 Å². The molecule has 1 aromatic carbocycles. The maximum atomic E-state index is 12.7. The molecule has 138 valence electrons. The Morgan fingerprint density at radius 1 is 1.22 bits per heavy atom. The molecule has 3 aromatic rings. The number of thiophene rings is 1. The maximum absolute atomic E-state index is 12.7. The van der Waals surface area contributed by atoms with Crippen LogP contribution >= 0.6 is 11.3 Å². The average molecular weight is 382 g/mol. The molecule has 0 bridgehead atoms. The molecule has 8 heteroatoms. The van der Waals surface area contributed by atoms with Crippen molar-refractivity contribution >= 4 is 44.7 Å². The molecular formula is C19H18N4O3S. The summed E-state index contributed by atoms with van der Waals surface area (Å²) in [5.41, 5.74) is 1.95. The molecule has 1 saturated heterocycles. The molecule has 4 rings (SSSR count). The van der Waals surface area contributed by atoms with Crippen LogP contribution in [0.5, 0.6) is 0 Å². The predicted molar refractivity (Wildman–Crippen MR) is 106 cm³/mol. The smallest absolute Gasteiger partial charge is 0.266 e. The Morgan fingerprint density at radius 2 is 1.96 bits per heavy atom. The van der Waals surface area contributed by atoms with Crippen molar-refractivity contribution < 1.29 is 9.59 Å². The van der Waals surface area contributed by atoms with E-state index in [1.165, 1.54) is 22.2 Å². The molecule has 2 amide bonds. The number of fused-ring (bicyclic) bond motifs is 1. The van der Waals surface area contributed by atoms with Crippen molar-refractivity contribution in [2.45, 2.75) is 19.8 Å². The van der Waals surface area contributed by atoms with Crippen LogP contribution in [0.1, 0.15) is 28.1 Å². The van der Waals surface area contributed by atoms with Crippen molar-refractivity contribution in [1.29, 1.82) is 0 Å². The van der Waals surface area contributed by atoms with Gasteiger partial charge in [-0.3, -0.25) is 14.4 Å². The predicted octanol–water partition coefficient (Wildman–Crippen LogP) is 2.68. The number of hydrogen-bond acceptors (Lipinski definition) is 5. The van der Waals surface area contributed by atoms with Gasteiger partial charge in [-0.05, 0) is 43.2 Å². The second-order valence-electron chi connectivity index (χ2n) is 6.55. The van der Waals surface area contributed by atoms with Crippen molar-refractivity contribution in [2.75, 3.05) is 16.8 Å². The lowest BCUT2D eigenvalue weighted by Crippen LogP contribution is -2.23. The first-order valence-electron chi connectivity index (χ1n) is 8.62. The Morgan fingerprint density at radius 3 is 2.63 bits per heavy atom. The lowest BCUT2D eigenvalue weighted by Gasteiger charge is -2.16. The lowest BCUT2D eigenvalue weighted by atomic mass is 10.2. The summed E-state index contributed by atoms with van der Waals surface area (Å²) in [6, 6.07) is 7.21. The van der Waals surface area contributed by atoms with Gasteiger partial charge in [0.05, 0.1) is 16.6 Å². The molecule has 1 N–H and O–H groups in total. The Kier molecular flexibility index (Phi) is 4.27. The van der Waals surface area contributed by atoms with Gasteiger partial charge in [-0.15, -0.1) is 11.3 Å². The molecule has 1 aliphatic rings. The summed E-state index contributed by atoms with van der Waals surface area (Å²) < 4.78 is 1.40. The molecule has 1 aliphatic heterocycles. The fourth-order valence-corrected chi connectivity index (χ4v) is 4.29. The fraction of sp³-hybridized carbons (Fsp3) is 0.263. The fourth-order valence-electron chi connectivity index (χ4n) is 3.26. The third-order valence-electron chi connectivity index (χ3n) is 4.73. The number of aromatic nitrogens is 2. The molecule has 0 spiro atoms. The summed E-state index contributed by atoms with van der Waals surface area (Å²) >= 11 is 1.21. The van der Waals surface area contributed by atoms with Crippen LogP contribution in [-0.2, 0) is 11.8 Å². The number of rotatable bonds is 3. The van der Waals surface area contributed by atoms with Crippen LogP contribution in [0.4, 0.5) is 11.4 Å². The van der Waals surface area contributed by atoms with Gasteiger partial charge in [0.25, 0.3) is 11.5 Å². The minimum Gasteiger partial charge on any atom is -0.321 e. The van der Waals surface area contributed by atoms with Crippen molar-refractivity contribution in [3.63, 3.8) is 0 Å². The van der Waals surface area contributed by atoms with E-state index < -0.39 is 0 Å². The summed E-state index contributed by atoms with van der Waals surface area (Å²) in [6.45, 7) is 2.49. The molecule has 3 heterocycles. The third kappa shape index (κ3) is 3.02. The summed E-state index contributed by atoms with van der Waals surface area (Å²) in [5, 5.41) is 3.34. The van der Waals surface area contributed by atoms with Gasteiger partial charge in [0.1, 0.15) is 4.83 Å². The van der Waals surface area contributed by atoms with Gasteiger partial charge in [0.2, 0.25) is 5.91 Å². The van der Waals surface area contributed by atoms with Crippen LogP contribution in [0.3, 0.4) is 0 Å². The maximum Gasteiger partial charge on any atom is 0.266 e. The molecule has 0 radical (unpaired) electrons. The van der Waals surface area contributed by atoms with Crippen LogP contribution in [0, 0.1) is 6.92 Å². The molecular weight excluding hydrogens is 364 g/mol. The Hall–Kier alpha value is -3.00. The van der Waals surface area contributed by atoms with E-state index in [2.05, 4.69) is 10.3 Å². The summed E-state index contributed by atoms with van der Waals surface area (Å²) in [4.78, 5) is 43.8. The number of carbonyl (C=O) groups excluding carboxylic acids is 2. The normalized spacial score (nSPS) is 14.1. The molecule has 0 saturated carbocycles. The van der Waals surface area contributed by atoms with E-state index in [-0.39, 0.29) is 17.4 Å². The summed E-state index contributed by atoms with van der Waals surface area (Å²) in [5.74, 6) is -0.149. The van der Waals surface area contributed by atoms with E-state index in [1.807, 2.05) is 12.1 Å². The van der Waals surface area contributed by atoms with E-state index in [0.717, 1.165) is 18.7 Å². The minimum absolute atomic E-state index is 0.127. The number of benzene rings is 1. The van der Waals surface area contributed by atoms with Gasteiger partial charge >= 0.3 is 0 Å². The van der Waals surface area contributed by atoms with Crippen molar-refractivity contribution in [3.8, 4) is 0 Å². The zero-order chi connectivity index (χ0) is 19.1. The van der Waals surface area contributed by atoms with Crippen molar-refractivity contribution in [1.82, 2.24) is 9.55 Å². The van der Waals surface area contributed by atoms with Gasteiger partial charge in [0, 0.05) is 31.4 Å². The van der Waals surface area contributed by atoms with E-state index in [4.69, 9.17) is 0 Å². The molecule has 1 fully saturated rings. The highest BCUT2D eigenvalue weighted by Crippen LogP contribution is 2.28. The monoisotopic (exact) mass is 382 g/mol. The molecule has 2 aromatic heterocycles. The van der Waals surface area contributed by atoms with E-state index in [9.17, 15) is 14.4 Å². The van der Waals surface area contributed by atoms with Crippen LogP contribution in [0.2, 0.25) is 0 Å². The number of anilines is 2.